The molecule has 226 valence electrons. The number of nitrogens with one attached hydrogen (secondary N) is 1. The van der Waals surface area contributed by atoms with Gasteiger partial charge in [-0.3, -0.25) is 14.6 Å². The van der Waals surface area contributed by atoms with Crippen molar-refractivity contribution in [1.29, 1.82) is 0 Å². The topological polar surface area (TPSA) is 101 Å². The number of tetrazole rings is 1. The molecule has 3 aromatic carbocycles. The van der Waals surface area contributed by atoms with Crippen LogP contribution in [-0.2, 0) is 11.3 Å². The monoisotopic (exact) mass is 591 g/mol. The highest BCUT2D eigenvalue weighted by atomic mass is 16.5. The van der Waals surface area contributed by atoms with Crippen molar-refractivity contribution < 1.29 is 9.47 Å². The summed E-state index contributed by atoms with van der Waals surface area (Å²) in [7, 11) is 1.62. The van der Waals surface area contributed by atoms with E-state index < -0.39 is 6.04 Å². The predicted molar refractivity (Wildman–Crippen MR) is 168 cm³/mol. The van der Waals surface area contributed by atoms with Gasteiger partial charge >= 0.3 is 0 Å². The molecule has 0 spiro atoms. The van der Waals surface area contributed by atoms with E-state index in [-0.39, 0.29) is 17.7 Å². The summed E-state index contributed by atoms with van der Waals surface area (Å²) in [6, 6.07) is 28.8. The minimum atomic E-state index is -0.421. The lowest BCUT2D eigenvalue weighted by Crippen LogP contribution is -2.50. The predicted octanol–water partition coefficient (Wildman–Crippen LogP) is 4.20. The molecule has 44 heavy (non-hydrogen) atoms. The van der Waals surface area contributed by atoms with Crippen LogP contribution in [0.3, 0.4) is 0 Å². The van der Waals surface area contributed by atoms with E-state index in [1.54, 1.807) is 7.11 Å². The number of H-pyrrole nitrogens is 1. The van der Waals surface area contributed by atoms with E-state index in [0.717, 1.165) is 56.5 Å². The fourth-order valence-corrected chi connectivity index (χ4v) is 6.68. The Morgan fingerprint density at radius 1 is 0.909 bits per heavy atom. The lowest BCUT2D eigenvalue weighted by Gasteiger charge is -2.42. The van der Waals surface area contributed by atoms with E-state index in [1.807, 2.05) is 28.9 Å². The maximum absolute atomic E-state index is 13.8. The summed E-state index contributed by atoms with van der Waals surface area (Å²) in [6.07, 6.45) is 2.07. The first-order chi connectivity index (χ1) is 21.7. The first-order valence-corrected chi connectivity index (χ1v) is 15.3. The van der Waals surface area contributed by atoms with E-state index in [2.05, 4.69) is 91.0 Å². The molecular formula is C34H37N7O3. The number of aromatic amines is 1. The number of benzene rings is 3. The average molecular weight is 592 g/mol. The van der Waals surface area contributed by atoms with Crippen LogP contribution in [-0.4, -0.2) is 81.0 Å². The summed E-state index contributed by atoms with van der Waals surface area (Å²) in [6.45, 7) is 4.44. The number of piperazine rings is 1. The first-order valence-electron chi connectivity index (χ1n) is 15.3. The van der Waals surface area contributed by atoms with Gasteiger partial charge in [0.15, 0.2) is 5.82 Å². The van der Waals surface area contributed by atoms with E-state index in [4.69, 9.17) is 9.47 Å². The molecule has 0 unspecified atom stereocenters. The van der Waals surface area contributed by atoms with Crippen LogP contribution in [0.4, 0.5) is 0 Å². The number of fused-ring (bicyclic) bond motifs is 1. The zero-order chi connectivity index (χ0) is 29.9. The van der Waals surface area contributed by atoms with Crippen LogP contribution in [0.1, 0.15) is 47.4 Å². The molecule has 0 saturated carbocycles. The zero-order valence-electron chi connectivity index (χ0n) is 24.9. The van der Waals surface area contributed by atoms with Crippen molar-refractivity contribution >= 4 is 10.9 Å². The van der Waals surface area contributed by atoms with Gasteiger partial charge in [-0.25, -0.2) is 4.68 Å². The number of hydrogen-bond acceptors (Lipinski definition) is 8. The van der Waals surface area contributed by atoms with Gasteiger partial charge in [-0.2, -0.15) is 0 Å². The third-order valence-electron chi connectivity index (χ3n) is 8.89. The molecular weight excluding hydrogens is 554 g/mol. The Hall–Kier alpha value is -4.38. The van der Waals surface area contributed by atoms with E-state index in [9.17, 15) is 4.79 Å². The summed E-state index contributed by atoms with van der Waals surface area (Å²) >= 11 is 0. The number of aromatic nitrogens is 5. The van der Waals surface area contributed by atoms with E-state index in [0.29, 0.717) is 23.7 Å². The maximum atomic E-state index is 13.8. The van der Waals surface area contributed by atoms with Crippen molar-refractivity contribution in [3.05, 3.63) is 118 Å². The van der Waals surface area contributed by atoms with Gasteiger partial charge in [0.2, 0.25) is 0 Å². The third kappa shape index (κ3) is 5.76. The van der Waals surface area contributed by atoms with Crippen molar-refractivity contribution in [3.63, 3.8) is 0 Å². The molecule has 2 aromatic heterocycles. The minimum Gasteiger partial charge on any atom is -0.497 e. The molecule has 0 radical (unpaired) electrons. The number of nitrogens with zero attached hydrogens (tertiary/aromatic N) is 6. The van der Waals surface area contributed by atoms with Crippen LogP contribution in [0, 0.1) is 0 Å². The zero-order valence-corrected chi connectivity index (χ0v) is 24.9. The SMILES string of the molecule is COc1ccc2cc([C@H](c3nnnn3C[C@H]3CCCO3)N3CCN(C(c4ccccc4)c4ccccc4)CC3)c(=O)[nH]c2c1. The molecule has 0 bridgehead atoms. The highest BCUT2D eigenvalue weighted by Gasteiger charge is 2.35. The normalized spacial score (nSPS) is 18.6. The van der Waals surface area contributed by atoms with Crippen molar-refractivity contribution in [2.45, 2.75) is 37.6 Å². The molecule has 0 aliphatic carbocycles. The Kier molecular flexibility index (Phi) is 8.19. The van der Waals surface area contributed by atoms with E-state index >= 15 is 0 Å². The Balaban J connectivity index is 1.23. The summed E-state index contributed by atoms with van der Waals surface area (Å²) in [4.78, 5) is 21.8. The smallest absolute Gasteiger partial charge is 0.253 e. The van der Waals surface area contributed by atoms with Crippen molar-refractivity contribution in [2.24, 2.45) is 0 Å². The fraction of sp³-hybridized carbons (Fsp3) is 0.353. The molecule has 1 N–H and O–H groups in total. The van der Waals surface area contributed by atoms with Crippen molar-refractivity contribution in [3.8, 4) is 5.75 Å². The Morgan fingerprint density at radius 2 is 1.59 bits per heavy atom. The van der Waals surface area contributed by atoms with Crippen LogP contribution < -0.4 is 10.3 Å². The second-order valence-electron chi connectivity index (χ2n) is 11.6. The van der Waals surface area contributed by atoms with Gasteiger partial charge in [0, 0.05) is 44.4 Å². The van der Waals surface area contributed by atoms with Gasteiger partial charge < -0.3 is 14.5 Å². The number of ether oxygens (including phenoxy) is 2. The van der Waals surface area contributed by atoms with Crippen molar-refractivity contribution in [1.82, 2.24) is 35.0 Å². The number of pyridine rings is 1. The number of hydrogen-bond donors (Lipinski definition) is 1. The Morgan fingerprint density at radius 3 is 2.23 bits per heavy atom. The second kappa shape index (κ2) is 12.7. The molecule has 0 amide bonds. The molecule has 2 aliphatic heterocycles. The second-order valence-corrected chi connectivity index (χ2v) is 11.6. The van der Waals surface area contributed by atoms with Gasteiger partial charge in [0.25, 0.3) is 5.56 Å². The van der Waals surface area contributed by atoms with Crippen molar-refractivity contribution in [2.75, 3.05) is 39.9 Å². The van der Waals surface area contributed by atoms with Gasteiger partial charge in [-0.05, 0) is 58.0 Å². The number of methoxy groups -OCH3 is 1. The standard InChI is InChI=1S/C34H37N7O3/c1-43-27-15-14-26-21-29(34(42)35-30(26)22-27)32(33-36-37-38-41(33)23-28-13-8-20-44-28)40-18-16-39(17-19-40)31(24-9-4-2-5-10-24)25-11-6-3-7-12-25/h2-7,9-12,14-15,21-22,28,31-32H,8,13,16-20,23H2,1H3,(H,35,42)/t28-,32-/m1/s1. The fourth-order valence-electron chi connectivity index (χ4n) is 6.68. The molecule has 2 aliphatic rings. The highest BCUT2D eigenvalue weighted by Crippen LogP contribution is 2.33. The summed E-state index contributed by atoms with van der Waals surface area (Å²) < 4.78 is 13.1. The van der Waals surface area contributed by atoms with E-state index in [1.165, 1.54) is 11.1 Å². The van der Waals surface area contributed by atoms with Crippen LogP contribution >= 0.6 is 0 Å². The largest absolute Gasteiger partial charge is 0.497 e. The van der Waals surface area contributed by atoms with Gasteiger partial charge in [-0.1, -0.05) is 60.7 Å². The maximum Gasteiger partial charge on any atom is 0.253 e. The molecule has 10 heteroatoms. The van der Waals surface area contributed by atoms with Gasteiger partial charge in [-0.15, -0.1) is 5.10 Å². The van der Waals surface area contributed by atoms with Crippen LogP contribution in [0.25, 0.3) is 10.9 Å². The average Bonchev–Trinajstić information content (AvgIpc) is 3.76. The molecule has 10 nitrogen and oxygen atoms in total. The highest BCUT2D eigenvalue weighted by molar-refractivity contribution is 5.80. The molecule has 2 fully saturated rings. The quantitative estimate of drug-likeness (QED) is 0.272. The van der Waals surface area contributed by atoms with Crippen LogP contribution in [0.5, 0.6) is 5.75 Å². The first kappa shape index (κ1) is 28.4. The Labute approximate surface area is 256 Å². The van der Waals surface area contributed by atoms with Gasteiger partial charge in [0.05, 0.1) is 31.3 Å². The molecule has 5 aromatic rings. The third-order valence-corrected chi connectivity index (χ3v) is 8.89. The molecule has 7 rings (SSSR count). The minimum absolute atomic E-state index is 0.0644. The summed E-state index contributed by atoms with van der Waals surface area (Å²) in [5.74, 6) is 1.36. The van der Waals surface area contributed by atoms with Crippen LogP contribution in [0.2, 0.25) is 0 Å². The summed E-state index contributed by atoms with van der Waals surface area (Å²) in [5, 5.41) is 13.9. The Bertz CT molecular complexity index is 1700. The van der Waals surface area contributed by atoms with Crippen LogP contribution in [0.15, 0.2) is 89.7 Å². The summed E-state index contributed by atoms with van der Waals surface area (Å²) in [5.41, 5.74) is 3.74. The molecule has 4 heterocycles. The molecule has 2 saturated heterocycles. The molecule has 2 atom stereocenters. The lowest BCUT2D eigenvalue weighted by molar-refractivity contribution is 0.0778. The number of rotatable bonds is 9. The van der Waals surface area contributed by atoms with Gasteiger partial charge in [0.1, 0.15) is 11.8 Å². The lowest BCUT2D eigenvalue weighted by atomic mass is 9.96.